The van der Waals surface area contributed by atoms with Crippen LogP contribution in [0.1, 0.15) is 35.1 Å². The molecule has 4 aromatic rings. The third kappa shape index (κ3) is 3.19. The second-order valence-corrected chi connectivity index (χ2v) is 8.31. The number of benzene rings is 2. The molecule has 3 nitrogen and oxygen atoms in total. The molecule has 2 aromatic carbocycles. The first-order chi connectivity index (χ1) is 13.8. The first kappa shape index (κ1) is 19.8. The summed E-state index contributed by atoms with van der Waals surface area (Å²) in [4.78, 5) is 15.3. The lowest BCUT2D eigenvalue weighted by molar-refractivity contribution is 0.496. The van der Waals surface area contributed by atoms with Gasteiger partial charge in [0.25, 0.3) is 5.56 Å². The summed E-state index contributed by atoms with van der Waals surface area (Å²) in [5.74, 6) is -2.11. The molecule has 0 aliphatic carbocycles. The molecule has 0 radical (unpaired) electrons. The highest BCUT2D eigenvalue weighted by molar-refractivity contribution is 14.1. The Labute approximate surface area is 180 Å². The van der Waals surface area contributed by atoms with Crippen LogP contribution in [0.15, 0.2) is 53.6 Å². The molecule has 1 atom stereocenters. The van der Waals surface area contributed by atoms with Crippen molar-refractivity contribution in [3.8, 4) is 5.69 Å². The predicted octanol–water partition coefficient (Wildman–Crippen LogP) is 5.97. The molecule has 29 heavy (non-hydrogen) atoms. The van der Waals surface area contributed by atoms with E-state index in [0.29, 0.717) is 5.52 Å². The summed E-state index contributed by atoms with van der Waals surface area (Å²) in [6.07, 6.45) is 3.47. The lowest BCUT2D eigenvalue weighted by Crippen LogP contribution is -2.14. The number of aromatic nitrogens is 2. The Hall–Kier alpha value is -2.48. The SMILES string of the molecule is Cc1cc(C(C)c2cccc(F)c2F)c(-n2ccc3cc[nH]c(=O)c32)c(I)c1C. The van der Waals surface area contributed by atoms with Gasteiger partial charge in [0.15, 0.2) is 11.6 Å². The van der Waals surface area contributed by atoms with Crippen LogP contribution in [0.5, 0.6) is 0 Å². The molecule has 2 heterocycles. The van der Waals surface area contributed by atoms with Gasteiger partial charge in [0, 0.05) is 27.3 Å². The van der Waals surface area contributed by atoms with Crippen LogP contribution in [0.2, 0.25) is 0 Å². The second-order valence-electron chi connectivity index (χ2n) is 7.23. The summed E-state index contributed by atoms with van der Waals surface area (Å²) in [6, 6.07) is 9.98. The van der Waals surface area contributed by atoms with Crippen molar-refractivity contribution >= 4 is 33.5 Å². The number of pyridine rings is 1. The Bertz CT molecular complexity index is 1310. The van der Waals surface area contributed by atoms with Crippen LogP contribution in [0.25, 0.3) is 16.6 Å². The van der Waals surface area contributed by atoms with Gasteiger partial charge in [0.05, 0.1) is 5.69 Å². The van der Waals surface area contributed by atoms with E-state index in [4.69, 9.17) is 0 Å². The molecule has 0 aliphatic rings. The Balaban J connectivity index is 2.06. The van der Waals surface area contributed by atoms with E-state index < -0.39 is 17.6 Å². The van der Waals surface area contributed by atoms with Crippen molar-refractivity contribution in [2.75, 3.05) is 0 Å². The average molecular weight is 504 g/mol. The van der Waals surface area contributed by atoms with E-state index in [1.54, 1.807) is 12.3 Å². The highest BCUT2D eigenvalue weighted by atomic mass is 127. The number of H-pyrrole nitrogens is 1. The number of hydrogen-bond acceptors (Lipinski definition) is 1. The van der Waals surface area contributed by atoms with Gasteiger partial charge in [-0.3, -0.25) is 4.79 Å². The minimum atomic E-state index is -0.864. The summed E-state index contributed by atoms with van der Waals surface area (Å²) in [6.45, 7) is 5.88. The van der Waals surface area contributed by atoms with Crippen molar-refractivity contribution in [2.24, 2.45) is 0 Å². The van der Waals surface area contributed by atoms with Gasteiger partial charge < -0.3 is 9.55 Å². The quantitative estimate of drug-likeness (QED) is 0.343. The van der Waals surface area contributed by atoms with Gasteiger partial charge in [0.2, 0.25) is 0 Å². The van der Waals surface area contributed by atoms with Crippen LogP contribution < -0.4 is 5.56 Å². The number of aromatic amines is 1. The smallest absolute Gasteiger partial charge is 0.272 e. The summed E-state index contributed by atoms with van der Waals surface area (Å²) >= 11 is 2.27. The third-order valence-electron chi connectivity index (χ3n) is 5.54. The fourth-order valence-corrected chi connectivity index (χ4v) is 4.77. The fourth-order valence-electron chi connectivity index (χ4n) is 3.77. The third-order valence-corrected chi connectivity index (χ3v) is 6.86. The monoisotopic (exact) mass is 504 g/mol. The van der Waals surface area contributed by atoms with Crippen LogP contribution in [-0.4, -0.2) is 9.55 Å². The number of hydrogen-bond donors (Lipinski definition) is 1. The molecular formula is C23H19F2IN2O. The second kappa shape index (κ2) is 7.40. The molecule has 0 spiro atoms. The van der Waals surface area contributed by atoms with Crippen LogP contribution in [0, 0.1) is 29.1 Å². The molecule has 148 valence electrons. The average Bonchev–Trinajstić information content (AvgIpc) is 3.12. The van der Waals surface area contributed by atoms with E-state index in [2.05, 4.69) is 27.6 Å². The molecule has 6 heteroatoms. The minimum absolute atomic E-state index is 0.197. The molecule has 0 bridgehead atoms. The summed E-state index contributed by atoms with van der Waals surface area (Å²) in [5, 5.41) is 0.818. The van der Waals surface area contributed by atoms with E-state index >= 15 is 0 Å². The highest BCUT2D eigenvalue weighted by Gasteiger charge is 2.23. The molecule has 0 fully saturated rings. The molecular weight excluding hydrogens is 485 g/mol. The Morgan fingerprint density at radius 1 is 1.10 bits per heavy atom. The zero-order chi connectivity index (χ0) is 20.9. The normalized spacial score (nSPS) is 12.5. The van der Waals surface area contributed by atoms with Crippen LogP contribution in [0.4, 0.5) is 8.78 Å². The zero-order valence-corrected chi connectivity index (χ0v) is 18.3. The molecule has 1 N–H and O–H groups in total. The number of nitrogens with one attached hydrogen (secondary N) is 1. The Kier molecular flexibility index (Phi) is 5.06. The topological polar surface area (TPSA) is 37.8 Å². The molecule has 2 aromatic heterocycles. The Morgan fingerprint density at radius 3 is 2.62 bits per heavy atom. The maximum absolute atomic E-state index is 14.6. The van der Waals surface area contributed by atoms with E-state index in [-0.39, 0.29) is 11.1 Å². The Morgan fingerprint density at radius 2 is 1.86 bits per heavy atom. The van der Waals surface area contributed by atoms with Gasteiger partial charge in [-0.05, 0) is 76.9 Å². The van der Waals surface area contributed by atoms with E-state index in [1.807, 2.05) is 49.7 Å². The minimum Gasteiger partial charge on any atom is -0.327 e. The summed E-state index contributed by atoms with van der Waals surface area (Å²) < 4.78 is 31.3. The first-order valence-electron chi connectivity index (χ1n) is 9.24. The number of aryl methyl sites for hydroxylation is 1. The van der Waals surface area contributed by atoms with E-state index in [1.165, 1.54) is 6.07 Å². The number of fused-ring (bicyclic) bond motifs is 1. The highest BCUT2D eigenvalue weighted by Crippen LogP contribution is 2.37. The molecule has 0 saturated heterocycles. The summed E-state index contributed by atoms with van der Waals surface area (Å²) in [5.41, 5.74) is 4.42. The van der Waals surface area contributed by atoms with Crippen molar-refractivity contribution < 1.29 is 8.78 Å². The first-order valence-corrected chi connectivity index (χ1v) is 10.3. The largest absolute Gasteiger partial charge is 0.327 e. The molecule has 0 saturated carbocycles. The molecule has 1 unspecified atom stereocenters. The van der Waals surface area contributed by atoms with Gasteiger partial charge in [-0.15, -0.1) is 0 Å². The molecule has 0 aliphatic heterocycles. The standard InChI is InChI=1S/C23H19F2IN2O/c1-12-11-17(14(3)16-5-4-6-18(24)19(16)25)22(20(26)13(12)2)28-10-8-15-7-9-27-23(29)21(15)28/h4-11,14H,1-3H3,(H,27,29). The van der Waals surface area contributed by atoms with Gasteiger partial charge in [-0.25, -0.2) is 8.78 Å². The lowest BCUT2D eigenvalue weighted by Gasteiger charge is -2.23. The van der Waals surface area contributed by atoms with Crippen LogP contribution in [-0.2, 0) is 0 Å². The van der Waals surface area contributed by atoms with Crippen LogP contribution >= 0.6 is 22.6 Å². The molecule has 4 rings (SSSR count). The number of halogens is 3. The van der Waals surface area contributed by atoms with E-state index in [9.17, 15) is 13.6 Å². The predicted molar refractivity (Wildman–Crippen MR) is 120 cm³/mol. The van der Waals surface area contributed by atoms with Gasteiger partial charge in [-0.2, -0.15) is 0 Å². The number of nitrogens with zero attached hydrogens (tertiary/aromatic N) is 1. The van der Waals surface area contributed by atoms with Gasteiger partial charge >= 0.3 is 0 Å². The fraction of sp³-hybridized carbons (Fsp3) is 0.174. The van der Waals surface area contributed by atoms with Gasteiger partial charge in [-0.1, -0.05) is 25.1 Å². The van der Waals surface area contributed by atoms with Crippen molar-refractivity contribution in [3.63, 3.8) is 0 Å². The van der Waals surface area contributed by atoms with E-state index in [0.717, 1.165) is 37.4 Å². The van der Waals surface area contributed by atoms with Crippen molar-refractivity contribution in [2.45, 2.75) is 26.7 Å². The van der Waals surface area contributed by atoms with Crippen molar-refractivity contribution in [1.82, 2.24) is 9.55 Å². The van der Waals surface area contributed by atoms with Crippen molar-refractivity contribution in [1.29, 1.82) is 0 Å². The maximum Gasteiger partial charge on any atom is 0.272 e. The molecule has 0 amide bonds. The van der Waals surface area contributed by atoms with Crippen molar-refractivity contribution in [3.05, 3.63) is 96.6 Å². The van der Waals surface area contributed by atoms with Gasteiger partial charge in [0.1, 0.15) is 5.52 Å². The summed E-state index contributed by atoms with van der Waals surface area (Å²) in [7, 11) is 0. The maximum atomic E-state index is 14.6. The van der Waals surface area contributed by atoms with Crippen LogP contribution in [0.3, 0.4) is 0 Å². The zero-order valence-electron chi connectivity index (χ0n) is 16.2. The number of rotatable bonds is 3. The lowest BCUT2D eigenvalue weighted by atomic mass is 9.89.